The Morgan fingerprint density at radius 1 is 1.07 bits per heavy atom. The Balaban J connectivity index is 1.98. The minimum absolute atomic E-state index is 0.590. The summed E-state index contributed by atoms with van der Waals surface area (Å²) in [4.78, 5) is 0. The van der Waals surface area contributed by atoms with Gasteiger partial charge in [0.15, 0.2) is 0 Å². The molecule has 0 aromatic heterocycles. The predicted octanol–water partition coefficient (Wildman–Crippen LogP) is 3.81. The highest BCUT2D eigenvalue weighted by Crippen LogP contribution is 2.17. The van der Waals surface area contributed by atoms with Crippen molar-refractivity contribution in [2.75, 3.05) is 0 Å². The van der Waals surface area contributed by atoms with E-state index in [4.69, 9.17) is 0 Å². The van der Waals surface area contributed by atoms with Crippen LogP contribution in [0.5, 0.6) is 0 Å². The quantitative estimate of drug-likeness (QED) is 0.634. The first kappa shape index (κ1) is 10.3. The van der Waals surface area contributed by atoms with E-state index in [0.717, 1.165) is 12.8 Å². The van der Waals surface area contributed by atoms with Crippen LogP contribution in [0.4, 0.5) is 0 Å². The van der Waals surface area contributed by atoms with Crippen molar-refractivity contribution in [1.82, 2.24) is 0 Å². The summed E-state index contributed by atoms with van der Waals surface area (Å²) < 4.78 is 0. The summed E-state index contributed by atoms with van der Waals surface area (Å²) >= 11 is 0. The van der Waals surface area contributed by atoms with E-state index in [2.05, 4.69) is 42.2 Å². The molecule has 0 aliphatic heterocycles. The largest absolute Gasteiger partial charge is 0.103 e. The molecule has 0 radical (unpaired) electrons. The Bertz CT molecular complexity index is 339. The third kappa shape index (κ3) is 3.44. The molecular weight excluding hydrogens is 180 g/mol. The first-order valence-corrected chi connectivity index (χ1v) is 5.97. The summed E-state index contributed by atoms with van der Waals surface area (Å²) in [5, 5.41) is 0. The molecule has 0 spiro atoms. The second-order valence-electron chi connectivity index (χ2n) is 4.31. The molecule has 1 unspecified atom stereocenters. The van der Waals surface area contributed by atoms with Crippen molar-refractivity contribution in [2.24, 2.45) is 5.92 Å². The molecule has 1 aromatic rings. The van der Waals surface area contributed by atoms with Crippen molar-refractivity contribution in [3.05, 3.63) is 35.9 Å². The predicted molar refractivity (Wildman–Crippen MR) is 64.5 cm³/mol. The summed E-state index contributed by atoms with van der Waals surface area (Å²) in [6.45, 7) is 0. The standard InChI is InChI=1S/C15H18/c1-2-5-9-14(10-6-3-1)13-15-11-7-4-8-12-15/h4,7-8,11-12,14H,1-3,5,9,13H2. The molecule has 1 aliphatic rings. The number of rotatable bonds is 2. The van der Waals surface area contributed by atoms with Gasteiger partial charge in [-0.3, -0.25) is 0 Å². The Kier molecular flexibility index (Phi) is 3.85. The molecule has 0 amide bonds. The topological polar surface area (TPSA) is 0 Å². The molecule has 15 heavy (non-hydrogen) atoms. The van der Waals surface area contributed by atoms with Gasteiger partial charge in [0.05, 0.1) is 0 Å². The zero-order valence-corrected chi connectivity index (χ0v) is 9.21. The van der Waals surface area contributed by atoms with Crippen molar-refractivity contribution in [1.29, 1.82) is 0 Å². The van der Waals surface area contributed by atoms with Gasteiger partial charge in [0.1, 0.15) is 0 Å². The maximum absolute atomic E-state index is 3.42. The minimum Gasteiger partial charge on any atom is -0.103 e. The van der Waals surface area contributed by atoms with Crippen LogP contribution in [0.3, 0.4) is 0 Å². The van der Waals surface area contributed by atoms with E-state index in [1.807, 2.05) is 0 Å². The zero-order valence-electron chi connectivity index (χ0n) is 9.21. The third-order valence-corrected chi connectivity index (χ3v) is 2.99. The molecule has 78 valence electrons. The SMILES string of the molecule is C1#CC(Cc2ccccc2)CCCCC1. The van der Waals surface area contributed by atoms with Crippen LogP contribution in [-0.4, -0.2) is 0 Å². The normalized spacial score (nSPS) is 20.9. The lowest BCUT2D eigenvalue weighted by atomic mass is 9.92. The summed E-state index contributed by atoms with van der Waals surface area (Å²) in [5.41, 5.74) is 1.43. The third-order valence-electron chi connectivity index (χ3n) is 2.99. The Hall–Kier alpha value is -1.22. The second kappa shape index (κ2) is 5.61. The molecule has 0 nitrogen and oxygen atoms in total. The highest BCUT2D eigenvalue weighted by molar-refractivity contribution is 5.18. The van der Waals surface area contributed by atoms with E-state index in [0.29, 0.717) is 5.92 Å². The molecule has 0 fully saturated rings. The number of hydrogen-bond donors (Lipinski definition) is 0. The first-order chi connectivity index (χ1) is 7.45. The van der Waals surface area contributed by atoms with Crippen molar-refractivity contribution in [2.45, 2.75) is 38.5 Å². The second-order valence-corrected chi connectivity index (χ2v) is 4.31. The van der Waals surface area contributed by atoms with Crippen molar-refractivity contribution < 1.29 is 0 Å². The van der Waals surface area contributed by atoms with Gasteiger partial charge in [-0.25, -0.2) is 0 Å². The van der Waals surface area contributed by atoms with Crippen molar-refractivity contribution in [3.8, 4) is 11.8 Å². The number of benzene rings is 1. The average molecular weight is 198 g/mol. The van der Waals surface area contributed by atoms with Gasteiger partial charge in [-0.15, -0.1) is 5.92 Å². The van der Waals surface area contributed by atoms with E-state index >= 15 is 0 Å². The van der Waals surface area contributed by atoms with Gasteiger partial charge in [0.2, 0.25) is 0 Å². The van der Waals surface area contributed by atoms with Gasteiger partial charge >= 0.3 is 0 Å². The van der Waals surface area contributed by atoms with Gasteiger partial charge in [-0.1, -0.05) is 49.1 Å². The Morgan fingerprint density at radius 3 is 2.80 bits per heavy atom. The summed E-state index contributed by atoms with van der Waals surface area (Å²) in [7, 11) is 0. The van der Waals surface area contributed by atoms with Crippen LogP contribution in [0.2, 0.25) is 0 Å². The molecule has 2 rings (SSSR count). The Morgan fingerprint density at radius 2 is 1.93 bits per heavy atom. The first-order valence-electron chi connectivity index (χ1n) is 5.97. The van der Waals surface area contributed by atoms with E-state index in [1.54, 1.807) is 0 Å². The van der Waals surface area contributed by atoms with Crippen molar-refractivity contribution >= 4 is 0 Å². The van der Waals surface area contributed by atoms with Crippen LogP contribution in [0.1, 0.15) is 37.7 Å². The van der Waals surface area contributed by atoms with Crippen molar-refractivity contribution in [3.63, 3.8) is 0 Å². The fourth-order valence-electron chi connectivity index (χ4n) is 2.12. The van der Waals surface area contributed by atoms with Crippen LogP contribution in [0, 0.1) is 17.8 Å². The van der Waals surface area contributed by atoms with Gasteiger partial charge < -0.3 is 0 Å². The zero-order chi connectivity index (χ0) is 10.3. The van der Waals surface area contributed by atoms with Crippen LogP contribution in [0.15, 0.2) is 30.3 Å². The monoisotopic (exact) mass is 198 g/mol. The van der Waals surface area contributed by atoms with Gasteiger partial charge in [-0.2, -0.15) is 0 Å². The molecule has 1 aliphatic carbocycles. The summed E-state index contributed by atoms with van der Waals surface area (Å²) in [6.07, 6.45) is 7.53. The lowest BCUT2D eigenvalue weighted by Crippen LogP contribution is -2.03. The molecule has 0 heteroatoms. The summed E-state index contributed by atoms with van der Waals surface area (Å²) in [6, 6.07) is 10.7. The molecule has 0 saturated heterocycles. The molecule has 0 bridgehead atoms. The highest BCUT2D eigenvalue weighted by atomic mass is 14.1. The van der Waals surface area contributed by atoms with Gasteiger partial charge in [0, 0.05) is 12.3 Å². The Labute approximate surface area is 92.7 Å². The van der Waals surface area contributed by atoms with E-state index in [1.165, 1.54) is 31.2 Å². The maximum atomic E-state index is 3.42. The fourth-order valence-corrected chi connectivity index (χ4v) is 2.12. The fraction of sp³-hybridized carbons (Fsp3) is 0.467. The maximum Gasteiger partial charge on any atom is 0.0243 e. The van der Waals surface area contributed by atoms with Crippen LogP contribution in [0.25, 0.3) is 0 Å². The molecule has 1 aromatic carbocycles. The number of hydrogen-bond acceptors (Lipinski definition) is 0. The smallest absolute Gasteiger partial charge is 0.0243 e. The minimum atomic E-state index is 0.590. The van der Waals surface area contributed by atoms with Crippen LogP contribution < -0.4 is 0 Å². The lowest BCUT2D eigenvalue weighted by molar-refractivity contribution is 0.537. The van der Waals surface area contributed by atoms with E-state index < -0.39 is 0 Å². The highest BCUT2D eigenvalue weighted by Gasteiger charge is 2.07. The summed E-state index contributed by atoms with van der Waals surface area (Å²) in [5.74, 6) is 7.32. The van der Waals surface area contributed by atoms with Gasteiger partial charge in [0.25, 0.3) is 0 Å². The molecule has 1 atom stereocenters. The van der Waals surface area contributed by atoms with E-state index in [-0.39, 0.29) is 0 Å². The molecule has 0 saturated carbocycles. The molecular formula is C15H18. The van der Waals surface area contributed by atoms with Crippen LogP contribution in [-0.2, 0) is 6.42 Å². The molecule has 0 N–H and O–H groups in total. The lowest BCUT2D eigenvalue weighted by Gasteiger charge is -2.12. The van der Waals surface area contributed by atoms with Gasteiger partial charge in [-0.05, 0) is 24.8 Å². The average Bonchev–Trinajstić information content (AvgIpc) is 2.23. The van der Waals surface area contributed by atoms with Crippen LogP contribution >= 0.6 is 0 Å². The molecule has 0 heterocycles. The van der Waals surface area contributed by atoms with E-state index in [9.17, 15) is 0 Å².